The molecule has 1 unspecified atom stereocenters. The molecule has 2 aliphatic heterocycles. The Balaban J connectivity index is 1.47. The fourth-order valence-corrected chi connectivity index (χ4v) is 4.03. The van der Waals surface area contributed by atoms with Crippen molar-refractivity contribution in [1.82, 2.24) is 15.1 Å². The summed E-state index contributed by atoms with van der Waals surface area (Å²) in [7, 11) is 0. The number of likely N-dealkylation sites (tertiary alicyclic amines) is 2. The van der Waals surface area contributed by atoms with Crippen molar-refractivity contribution in [1.29, 1.82) is 0 Å². The lowest BCUT2D eigenvalue weighted by molar-refractivity contribution is -0.130. The summed E-state index contributed by atoms with van der Waals surface area (Å²) in [6.45, 7) is 5.88. The number of hydrogen-bond donors (Lipinski definition) is 1. The molecule has 0 bridgehead atoms. The van der Waals surface area contributed by atoms with Crippen molar-refractivity contribution >= 4 is 11.8 Å². The Morgan fingerprint density at radius 1 is 1.08 bits per heavy atom. The summed E-state index contributed by atoms with van der Waals surface area (Å²) in [5, 5.41) is 3.10. The Hall–Kier alpha value is -1.88. The van der Waals surface area contributed by atoms with Crippen LogP contribution in [0.1, 0.15) is 38.2 Å². The number of nitrogens with one attached hydrogen (secondary N) is 1. The van der Waals surface area contributed by atoms with Crippen LogP contribution in [0.15, 0.2) is 30.3 Å². The molecule has 0 radical (unpaired) electrons. The number of carbonyl (C=O) groups is 2. The first-order chi connectivity index (χ1) is 12.1. The molecule has 136 valence electrons. The van der Waals surface area contributed by atoms with Gasteiger partial charge >= 0.3 is 0 Å². The van der Waals surface area contributed by atoms with Crippen LogP contribution >= 0.6 is 0 Å². The standard InChI is InChI=1S/C20H29N3O2/c1-16(24)22-12-9-19(10-13-22)23-11-5-8-18(15-23)20(25)21-14-17-6-3-2-4-7-17/h2-4,6-7,18-19H,5,8-15H2,1H3,(H,21,25). The van der Waals surface area contributed by atoms with Gasteiger partial charge in [0, 0.05) is 39.1 Å². The van der Waals surface area contributed by atoms with Crippen molar-refractivity contribution in [2.45, 2.75) is 45.2 Å². The molecule has 2 heterocycles. The summed E-state index contributed by atoms with van der Waals surface area (Å²) < 4.78 is 0. The summed E-state index contributed by atoms with van der Waals surface area (Å²) in [5.41, 5.74) is 1.14. The lowest BCUT2D eigenvalue weighted by Gasteiger charge is -2.41. The maximum atomic E-state index is 12.6. The van der Waals surface area contributed by atoms with Crippen molar-refractivity contribution in [3.8, 4) is 0 Å². The zero-order valence-electron chi connectivity index (χ0n) is 15.1. The smallest absolute Gasteiger partial charge is 0.224 e. The second-order valence-electron chi connectivity index (χ2n) is 7.27. The maximum Gasteiger partial charge on any atom is 0.224 e. The van der Waals surface area contributed by atoms with E-state index in [9.17, 15) is 9.59 Å². The van der Waals surface area contributed by atoms with Gasteiger partial charge in [-0.05, 0) is 37.8 Å². The van der Waals surface area contributed by atoms with E-state index in [1.807, 2.05) is 35.2 Å². The molecule has 25 heavy (non-hydrogen) atoms. The maximum absolute atomic E-state index is 12.6. The molecule has 5 heteroatoms. The van der Waals surface area contributed by atoms with Crippen LogP contribution in [0.25, 0.3) is 0 Å². The van der Waals surface area contributed by atoms with Crippen LogP contribution in [-0.2, 0) is 16.1 Å². The molecule has 0 saturated carbocycles. The van der Waals surface area contributed by atoms with Crippen molar-refractivity contribution in [3.63, 3.8) is 0 Å². The van der Waals surface area contributed by atoms with E-state index in [0.29, 0.717) is 12.6 Å². The minimum atomic E-state index is 0.0864. The topological polar surface area (TPSA) is 52.7 Å². The van der Waals surface area contributed by atoms with E-state index in [1.54, 1.807) is 6.92 Å². The minimum Gasteiger partial charge on any atom is -0.352 e. The van der Waals surface area contributed by atoms with Crippen LogP contribution in [0.4, 0.5) is 0 Å². The summed E-state index contributed by atoms with van der Waals surface area (Å²) in [6, 6.07) is 10.6. The highest BCUT2D eigenvalue weighted by Gasteiger charge is 2.31. The van der Waals surface area contributed by atoms with E-state index in [2.05, 4.69) is 10.2 Å². The number of carbonyl (C=O) groups excluding carboxylic acids is 2. The highest BCUT2D eigenvalue weighted by Crippen LogP contribution is 2.24. The third-order valence-corrected chi connectivity index (χ3v) is 5.56. The van der Waals surface area contributed by atoms with Crippen molar-refractivity contribution in [2.24, 2.45) is 5.92 Å². The second kappa shape index (κ2) is 8.48. The average Bonchev–Trinajstić information content (AvgIpc) is 2.67. The van der Waals surface area contributed by atoms with Gasteiger partial charge in [0.25, 0.3) is 0 Å². The number of amides is 2. The van der Waals surface area contributed by atoms with Gasteiger partial charge in [-0.2, -0.15) is 0 Å². The molecule has 2 fully saturated rings. The molecular weight excluding hydrogens is 314 g/mol. The largest absolute Gasteiger partial charge is 0.352 e. The summed E-state index contributed by atoms with van der Waals surface area (Å²) in [6.07, 6.45) is 4.11. The van der Waals surface area contributed by atoms with Crippen LogP contribution in [0, 0.1) is 5.92 Å². The van der Waals surface area contributed by atoms with Gasteiger partial charge < -0.3 is 10.2 Å². The molecule has 1 atom stereocenters. The molecule has 2 amide bonds. The third kappa shape index (κ3) is 4.82. The first-order valence-electron chi connectivity index (χ1n) is 9.44. The van der Waals surface area contributed by atoms with Gasteiger partial charge in [0.1, 0.15) is 0 Å². The van der Waals surface area contributed by atoms with Crippen molar-refractivity contribution in [2.75, 3.05) is 26.2 Å². The summed E-state index contributed by atoms with van der Waals surface area (Å²) in [5.74, 6) is 0.438. The van der Waals surface area contributed by atoms with E-state index < -0.39 is 0 Å². The fourth-order valence-electron chi connectivity index (χ4n) is 4.03. The van der Waals surface area contributed by atoms with Crippen LogP contribution in [0.5, 0.6) is 0 Å². The molecule has 0 spiro atoms. The van der Waals surface area contributed by atoms with E-state index in [1.165, 1.54) is 0 Å². The Morgan fingerprint density at radius 2 is 1.80 bits per heavy atom. The monoisotopic (exact) mass is 343 g/mol. The van der Waals surface area contributed by atoms with Crippen LogP contribution in [0.3, 0.4) is 0 Å². The van der Waals surface area contributed by atoms with Crippen LogP contribution in [0.2, 0.25) is 0 Å². The Labute approximate surface area is 150 Å². The number of piperidine rings is 2. The predicted octanol–water partition coefficient (Wildman–Crippen LogP) is 2.03. The third-order valence-electron chi connectivity index (χ3n) is 5.56. The highest BCUT2D eigenvalue weighted by atomic mass is 16.2. The molecular formula is C20H29N3O2. The first-order valence-corrected chi connectivity index (χ1v) is 9.44. The fraction of sp³-hybridized carbons (Fsp3) is 0.600. The van der Waals surface area contributed by atoms with E-state index in [0.717, 1.165) is 57.4 Å². The van der Waals surface area contributed by atoms with E-state index in [4.69, 9.17) is 0 Å². The number of nitrogens with zero attached hydrogens (tertiary/aromatic N) is 2. The normalized spacial score (nSPS) is 22.6. The molecule has 3 rings (SSSR count). The average molecular weight is 343 g/mol. The Bertz CT molecular complexity index is 582. The van der Waals surface area contributed by atoms with Crippen molar-refractivity contribution in [3.05, 3.63) is 35.9 Å². The zero-order valence-corrected chi connectivity index (χ0v) is 15.1. The van der Waals surface area contributed by atoms with Gasteiger partial charge in [0.05, 0.1) is 5.92 Å². The Kier molecular flexibility index (Phi) is 6.08. The molecule has 2 aliphatic rings. The SMILES string of the molecule is CC(=O)N1CCC(N2CCCC(C(=O)NCc3ccccc3)C2)CC1. The lowest BCUT2D eigenvalue weighted by Crippen LogP contribution is -2.51. The Morgan fingerprint density at radius 3 is 2.48 bits per heavy atom. The molecule has 1 N–H and O–H groups in total. The zero-order chi connectivity index (χ0) is 17.6. The molecule has 5 nitrogen and oxygen atoms in total. The number of rotatable bonds is 4. The summed E-state index contributed by atoms with van der Waals surface area (Å²) in [4.78, 5) is 28.4. The molecule has 2 saturated heterocycles. The van der Waals surface area contributed by atoms with Gasteiger partial charge in [0.2, 0.25) is 11.8 Å². The first kappa shape index (κ1) is 17.9. The van der Waals surface area contributed by atoms with Gasteiger partial charge in [-0.3, -0.25) is 14.5 Å². The van der Waals surface area contributed by atoms with Crippen molar-refractivity contribution < 1.29 is 9.59 Å². The lowest BCUT2D eigenvalue weighted by atomic mass is 9.93. The van der Waals surface area contributed by atoms with Crippen LogP contribution in [-0.4, -0.2) is 53.8 Å². The molecule has 0 aromatic heterocycles. The predicted molar refractivity (Wildman–Crippen MR) is 97.9 cm³/mol. The number of benzene rings is 1. The van der Waals surface area contributed by atoms with E-state index >= 15 is 0 Å². The van der Waals surface area contributed by atoms with E-state index in [-0.39, 0.29) is 17.7 Å². The highest BCUT2D eigenvalue weighted by molar-refractivity contribution is 5.79. The van der Waals surface area contributed by atoms with Gasteiger partial charge in [-0.1, -0.05) is 30.3 Å². The molecule has 1 aromatic rings. The van der Waals surface area contributed by atoms with Gasteiger partial charge in [0.15, 0.2) is 0 Å². The number of hydrogen-bond acceptors (Lipinski definition) is 3. The van der Waals surface area contributed by atoms with Crippen LogP contribution < -0.4 is 5.32 Å². The molecule has 0 aliphatic carbocycles. The molecule has 1 aromatic carbocycles. The summed E-state index contributed by atoms with van der Waals surface area (Å²) >= 11 is 0. The van der Waals surface area contributed by atoms with Gasteiger partial charge in [-0.25, -0.2) is 0 Å². The quantitative estimate of drug-likeness (QED) is 0.910. The van der Waals surface area contributed by atoms with Gasteiger partial charge in [-0.15, -0.1) is 0 Å². The second-order valence-corrected chi connectivity index (χ2v) is 7.27. The minimum absolute atomic E-state index is 0.0864.